The van der Waals surface area contributed by atoms with Crippen LogP contribution in [-0.4, -0.2) is 17.6 Å². The summed E-state index contributed by atoms with van der Waals surface area (Å²) in [4.78, 5) is 12.2. The van der Waals surface area contributed by atoms with E-state index in [1.165, 1.54) is 5.56 Å². The highest BCUT2D eigenvalue weighted by Crippen LogP contribution is 2.23. The van der Waals surface area contributed by atoms with Crippen LogP contribution in [0, 0.1) is 0 Å². The first-order valence-corrected chi connectivity index (χ1v) is 7.90. The van der Waals surface area contributed by atoms with E-state index < -0.39 is 0 Å². The molecular formula is C19H23NO3. The molecule has 2 N–H and O–H groups in total. The van der Waals surface area contributed by atoms with Gasteiger partial charge in [-0.3, -0.25) is 4.79 Å². The molecule has 122 valence electrons. The Morgan fingerprint density at radius 2 is 1.91 bits per heavy atom. The number of aliphatic hydroxyl groups excluding tert-OH is 1. The van der Waals surface area contributed by atoms with E-state index in [1.54, 1.807) is 18.2 Å². The van der Waals surface area contributed by atoms with E-state index in [-0.39, 0.29) is 12.5 Å². The number of carbonyl (C=O) groups is 1. The van der Waals surface area contributed by atoms with Crippen LogP contribution >= 0.6 is 0 Å². The molecule has 0 aliphatic carbocycles. The van der Waals surface area contributed by atoms with Gasteiger partial charge in [0.25, 0.3) is 0 Å². The SMILES string of the molecule is CCOc1ccc(NC(=O)Cc2cccc(CC)c2)cc1CO. The summed E-state index contributed by atoms with van der Waals surface area (Å²) in [6, 6.07) is 13.3. The van der Waals surface area contributed by atoms with Crippen LogP contribution in [0.4, 0.5) is 5.69 Å². The van der Waals surface area contributed by atoms with Crippen molar-refractivity contribution in [2.75, 3.05) is 11.9 Å². The molecule has 0 aromatic heterocycles. The van der Waals surface area contributed by atoms with Crippen molar-refractivity contribution < 1.29 is 14.6 Å². The van der Waals surface area contributed by atoms with Crippen molar-refractivity contribution in [3.63, 3.8) is 0 Å². The summed E-state index contributed by atoms with van der Waals surface area (Å²) in [5, 5.41) is 12.3. The molecule has 4 heteroatoms. The molecule has 0 saturated carbocycles. The van der Waals surface area contributed by atoms with E-state index in [0.717, 1.165) is 12.0 Å². The van der Waals surface area contributed by atoms with Crippen molar-refractivity contribution >= 4 is 11.6 Å². The maximum absolute atomic E-state index is 12.2. The van der Waals surface area contributed by atoms with Gasteiger partial charge in [0.1, 0.15) is 5.75 Å². The van der Waals surface area contributed by atoms with Crippen molar-refractivity contribution in [3.8, 4) is 5.75 Å². The first-order chi connectivity index (χ1) is 11.2. The molecule has 0 saturated heterocycles. The Kier molecular flexibility index (Phi) is 6.18. The highest BCUT2D eigenvalue weighted by Gasteiger charge is 2.08. The molecule has 23 heavy (non-hydrogen) atoms. The number of aryl methyl sites for hydroxylation is 1. The standard InChI is InChI=1S/C19H23NO3/c1-3-14-6-5-7-15(10-14)11-19(22)20-17-8-9-18(23-4-2)16(12-17)13-21/h5-10,12,21H,3-4,11,13H2,1-2H3,(H,20,22). The molecule has 0 heterocycles. The van der Waals surface area contributed by atoms with Crippen LogP contribution in [-0.2, 0) is 24.2 Å². The fraction of sp³-hybridized carbons (Fsp3) is 0.316. The van der Waals surface area contributed by atoms with E-state index in [4.69, 9.17) is 4.74 Å². The van der Waals surface area contributed by atoms with Crippen molar-refractivity contribution in [3.05, 3.63) is 59.2 Å². The van der Waals surface area contributed by atoms with Gasteiger partial charge < -0.3 is 15.2 Å². The molecule has 2 aromatic rings. The van der Waals surface area contributed by atoms with E-state index in [0.29, 0.717) is 30.0 Å². The third-order valence-electron chi connectivity index (χ3n) is 3.58. The number of benzene rings is 2. The summed E-state index contributed by atoms with van der Waals surface area (Å²) in [5.74, 6) is 0.565. The van der Waals surface area contributed by atoms with Gasteiger partial charge in [-0.15, -0.1) is 0 Å². The number of ether oxygens (including phenoxy) is 1. The fourth-order valence-corrected chi connectivity index (χ4v) is 2.43. The molecule has 0 fully saturated rings. The molecule has 0 spiro atoms. The van der Waals surface area contributed by atoms with Crippen molar-refractivity contribution in [2.45, 2.75) is 33.3 Å². The first kappa shape index (κ1) is 17.0. The van der Waals surface area contributed by atoms with Crippen LogP contribution < -0.4 is 10.1 Å². The average Bonchev–Trinajstić information content (AvgIpc) is 2.56. The van der Waals surface area contributed by atoms with Gasteiger partial charge in [-0.1, -0.05) is 31.2 Å². The lowest BCUT2D eigenvalue weighted by Gasteiger charge is -2.11. The van der Waals surface area contributed by atoms with Gasteiger partial charge in [0.05, 0.1) is 19.6 Å². The second kappa shape index (κ2) is 8.34. The van der Waals surface area contributed by atoms with Crippen LogP contribution in [0.3, 0.4) is 0 Å². The van der Waals surface area contributed by atoms with Gasteiger partial charge in [0, 0.05) is 11.3 Å². The Hall–Kier alpha value is -2.33. The third-order valence-corrected chi connectivity index (χ3v) is 3.58. The predicted molar refractivity (Wildman–Crippen MR) is 91.7 cm³/mol. The van der Waals surface area contributed by atoms with Gasteiger partial charge in [0.2, 0.25) is 5.91 Å². The molecule has 2 aromatic carbocycles. The number of hydrogen-bond donors (Lipinski definition) is 2. The summed E-state index contributed by atoms with van der Waals surface area (Å²) in [6.45, 7) is 4.39. The molecule has 1 amide bonds. The Labute approximate surface area is 137 Å². The smallest absolute Gasteiger partial charge is 0.228 e. The van der Waals surface area contributed by atoms with Gasteiger partial charge in [0.15, 0.2) is 0 Å². The molecule has 0 unspecified atom stereocenters. The fourth-order valence-electron chi connectivity index (χ4n) is 2.43. The molecule has 4 nitrogen and oxygen atoms in total. The number of anilines is 1. The third kappa shape index (κ3) is 4.83. The Balaban J connectivity index is 2.04. The number of rotatable bonds is 7. The minimum absolute atomic E-state index is 0.0775. The highest BCUT2D eigenvalue weighted by molar-refractivity contribution is 5.92. The minimum Gasteiger partial charge on any atom is -0.494 e. The van der Waals surface area contributed by atoms with Crippen molar-refractivity contribution in [1.82, 2.24) is 0 Å². The minimum atomic E-state index is -0.127. The maximum atomic E-state index is 12.2. The second-order valence-corrected chi connectivity index (χ2v) is 5.31. The van der Waals surface area contributed by atoms with E-state index >= 15 is 0 Å². The number of carbonyl (C=O) groups excluding carboxylic acids is 1. The number of nitrogens with one attached hydrogen (secondary N) is 1. The molecule has 0 radical (unpaired) electrons. The van der Waals surface area contributed by atoms with Crippen LogP contribution in [0.25, 0.3) is 0 Å². The van der Waals surface area contributed by atoms with Gasteiger partial charge in [-0.2, -0.15) is 0 Å². The van der Waals surface area contributed by atoms with Crippen molar-refractivity contribution in [1.29, 1.82) is 0 Å². The largest absolute Gasteiger partial charge is 0.494 e. The van der Waals surface area contributed by atoms with Crippen LogP contribution in [0.5, 0.6) is 5.75 Å². The van der Waals surface area contributed by atoms with Crippen LogP contribution in [0.1, 0.15) is 30.5 Å². The lowest BCUT2D eigenvalue weighted by Crippen LogP contribution is -2.14. The van der Waals surface area contributed by atoms with E-state index in [1.807, 2.05) is 19.1 Å². The lowest BCUT2D eigenvalue weighted by molar-refractivity contribution is -0.115. The zero-order chi connectivity index (χ0) is 16.7. The summed E-state index contributed by atoms with van der Waals surface area (Å²) < 4.78 is 5.44. The molecule has 0 aliphatic heterocycles. The number of aliphatic hydroxyl groups is 1. The summed E-state index contributed by atoms with van der Waals surface area (Å²) in [7, 11) is 0. The monoisotopic (exact) mass is 313 g/mol. The number of hydrogen-bond acceptors (Lipinski definition) is 3. The zero-order valence-electron chi connectivity index (χ0n) is 13.6. The van der Waals surface area contributed by atoms with Gasteiger partial charge in [-0.25, -0.2) is 0 Å². The molecular weight excluding hydrogens is 290 g/mol. The van der Waals surface area contributed by atoms with Crippen LogP contribution in [0.2, 0.25) is 0 Å². The summed E-state index contributed by atoms with van der Waals surface area (Å²) in [6.07, 6.45) is 1.28. The lowest BCUT2D eigenvalue weighted by atomic mass is 10.1. The first-order valence-electron chi connectivity index (χ1n) is 7.90. The highest BCUT2D eigenvalue weighted by atomic mass is 16.5. The van der Waals surface area contributed by atoms with Crippen LogP contribution in [0.15, 0.2) is 42.5 Å². The van der Waals surface area contributed by atoms with Gasteiger partial charge >= 0.3 is 0 Å². The molecule has 2 rings (SSSR count). The summed E-state index contributed by atoms with van der Waals surface area (Å²) >= 11 is 0. The summed E-state index contributed by atoms with van der Waals surface area (Å²) in [5.41, 5.74) is 3.54. The van der Waals surface area contributed by atoms with E-state index in [9.17, 15) is 9.90 Å². The normalized spacial score (nSPS) is 10.4. The molecule has 0 bridgehead atoms. The average molecular weight is 313 g/mol. The Morgan fingerprint density at radius 3 is 2.61 bits per heavy atom. The van der Waals surface area contributed by atoms with Crippen molar-refractivity contribution in [2.24, 2.45) is 0 Å². The maximum Gasteiger partial charge on any atom is 0.228 e. The molecule has 0 aliphatic rings. The second-order valence-electron chi connectivity index (χ2n) is 5.31. The Morgan fingerprint density at radius 1 is 1.13 bits per heavy atom. The zero-order valence-corrected chi connectivity index (χ0v) is 13.6. The van der Waals surface area contributed by atoms with E-state index in [2.05, 4.69) is 24.4 Å². The number of amides is 1. The molecule has 0 atom stereocenters. The predicted octanol–water partition coefficient (Wildman–Crippen LogP) is 3.32. The topological polar surface area (TPSA) is 58.6 Å². The Bertz CT molecular complexity index is 667. The quantitative estimate of drug-likeness (QED) is 0.824. The van der Waals surface area contributed by atoms with Gasteiger partial charge in [-0.05, 0) is 42.7 Å².